The summed E-state index contributed by atoms with van der Waals surface area (Å²) in [7, 11) is 0. The second kappa shape index (κ2) is 5.26. The average Bonchev–Trinajstić information content (AvgIpc) is 3.02. The van der Waals surface area contributed by atoms with Gasteiger partial charge in [0.1, 0.15) is 11.5 Å². The Bertz CT molecular complexity index is 712. The molecule has 0 bridgehead atoms. The summed E-state index contributed by atoms with van der Waals surface area (Å²) in [5.41, 5.74) is 2.68. The van der Waals surface area contributed by atoms with Crippen LogP contribution in [0.2, 0.25) is 0 Å². The first-order chi connectivity index (χ1) is 10.4. The Labute approximate surface area is 130 Å². The molecule has 0 spiro atoms. The van der Waals surface area contributed by atoms with E-state index in [4.69, 9.17) is 0 Å². The lowest BCUT2D eigenvalue weighted by Crippen LogP contribution is -2.42. The number of nitrogens with one attached hydrogen (secondary N) is 1. The maximum absolute atomic E-state index is 12.8. The van der Waals surface area contributed by atoms with Crippen LogP contribution in [0.5, 0.6) is 0 Å². The predicted molar refractivity (Wildman–Crippen MR) is 83.8 cm³/mol. The van der Waals surface area contributed by atoms with Crippen LogP contribution in [0.1, 0.15) is 66.1 Å². The number of amides is 1. The van der Waals surface area contributed by atoms with Gasteiger partial charge in [0.25, 0.3) is 5.91 Å². The van der Waals surface area contributed by atoms with Gasteiger partial charge in [-0.15, -0.1) is 10.2 Å². The quantitative estimate of drug-likeness (QED) is 0.927. The summed E-state index contributed by atoms with van der Waals surface area (Å²) in [6.45, 7) is 11.6. The molecule has 1 aliphatic rings. The van der Waals surface area contributed by atoms with Gasteiger partial charge in [-0.1, -0.05) is 13.8 Å². The lowest BCUT2D eigenvalue weighted by molar-refractivity contribution is 0.0629. The van der Waals surface area contributed by atoms with Crippen molar-refractivity contribution in [2.75, 3.05) is 6.54 Å². The van der Waals surface area contributed by atoms with Gasteiger partial charge >= 0.3 is 0 Å². The number of aromatic amines is 1. The van der Waals surface area contributed by atoms with Gasteiger partial charge in [-0.2, -0.15) is 0 Å². The number of carbonyl (C=O) groups excluding carboxylic acids is 1. The fraction of sp³-hybridized carbons (Fsp3) is 0.562. The van der Waals surface area contributed by atoms with Crippen LogP contribution in [0, 0.1) is 13.8 Å². The number of rotatable bonds is 2. The Morgan fingerprint density at radius 1 is 1.32 bits per heavy atom. The maximum Gasteiger partial charge on any atom is 0.271 e. The Balaban J connectivity index is 1.91. The van der Waals surface area contributed by atoms with E-state index in [0.29, 0.717) is 18.2 Å². The third-order valence-corrected chi connectivity index (χ3v) is 4.35. The Morgan fingerprint density at radius 2 is 2.05 bits per heavy atom. The molecule has 0 aliphatic carbocycles. The van der Waals surface area contributed by atoms with Crippen molar-refractivity contribution in [1.82, 2.24) is 24.6 Å². The van der Waals surface area contributed by atoms with Crippen molar-refractivity contribution < 1.29 is 4.79 Å². The summed E-state index contributed by atoms with van der Waals surface area (Å²) < 4.78 is 2.16. The molecule has 1 N–H and O–H groups in total. The molecule has 1 amide bonds. The number of fused-ring (bicyclic) bond motifs is 1. The monoisotopic (exact) mass is 301 g/mol. The van der Waals surface area contributed by atoms with Crippen LogP contribution >= 0.6 is 0 Å². The summed E-state index contributed by atoms with van der Waals surface area (Å²) >= 11 is 0. The number of hydrogen-bond acceptors (Lipinski definition) is 3. The Hall–Kier alpha value is -2.11. The first kappa shape index (κ1) is 14.8. The number of aromatic nitrogens is 4. The zero-order valence-electron chi connectivity index (χ0n) is 13.8. The van der Waals surface area contributed by atoms with E-state index in [1.807, 2.05) is 31.7 Å². The van der Waals surface area contributed by atoms with E-state index in [9.17, 15) is 4.79 Å². The highest BCUT2D eigenvalue weighted by atomic mass is 16.2. The molecule has 0 aromatic carbocycles. The number of carbonyl (C=O) groups is 1. The molecule has 118 valence electrons. The minimum atomic E-state index is -0.0655. The smallest absolute Gasteiger partial charge is 0.271 e. The lowest BCUT2D eigenvalue weighted by Gasteiger charge is -2.34. The molecule has 0 saturated heterocycles. The topological polar surface area (TPSA) is 66.8 Å². The molecule has 0 fully saturated rings. The normalized spacial score (nSPS) is 17.9. The maximum atomic E-state index is 12.8. The van der Waals surface area contributed by atoms with Crippen molar-refractivity contribution in [1.29, 1.82) is 0 Å². The fourth-order valence-corrected chi connectivity index (χ4v) is 3.21. The zero-order valence-corrected chi connectivity index (χ0v) is 13.8. The molecule has 3 rings (SSSR count). The van der Waals surface area contributed by atoms with Crippen LogP contribution in [0.4, 0.5) is 0 Å². The molecule has 6 heteroatoms. The third-order valence-electron chi connectivity index (χ3n) is 4.35. The van der Waals surface area contributed by atoms with E-state index >= 15 is 0 Å². The van der Waals surface area contributed by atoms with E-state index in [0.717, 1.165) is 29.5 Å². The summed E-state index contributed by atoms with van der Waals surface area (Å²) in [5, 5.41) is 8.62. The Kier molecular flexibility index (Phi) is 3.54. The molecule has 0 saturated carbocycles. The molecular weight excluding hydrogens is 278 g/mol. The minimum absolute atomic E-state index is 0.0402. The molecule has 1 atom stereocenters. The van der Waals surface area contributed by atoms with Crippen molar-refractivity contribution in [2.45, 2.75) is 53.1 Å². The van der Waals surface area contributed by atoms with Crippen molar-refractivity contribution >= 4 is 5.91 Å². The van der Waals surface area contributed by atoms with Gasteiger partial charge in [-0.3, -0.25) is 4.79 Å². The summed E-state index contributed by atoms with van der Waals surface area (Å²) in [5.74, 6) is 2.26. The highest BCUT2D eigenvalue weighted by Crippen LogP contribution is 2.28. The van der Waals surface area contributed by atoms with Gasteiger partial charge in [-0.25, -0.2) is 0 Å². The molecular formula is C16H23N5O. The van der Waals surface area contributed by atoms with Crippen molar-refractivity contribution in [3.8, 4) is 0 Å². The third kappa shape index (κ3) is 2.23. The van der Waals surface area contributed by atoms with Crippen LogP contribution in [0.25, 0.3) is 0 Å². The second-order valence-corrected chi connectivity index (χ2v) is 6.41. The molecule has 22 heavy (non-hydrogen) atoms. The minimum Gasteiger partial charge on any atom is -0.354 e. The van der Waals surface area contributed by atoms with Crippen LogP contribution in [-0.4, -0.2) is 37.1 Å². The largest absolute Gasteiger partial charge is 0.354 e. The number of H-pyrrole nitrogens is 1. The number of aryl methyl sites for hydroxylation is 2. The second-order valence-electron chi connectivity index (χ2n) is 6.41. The van der Waals surface area contributed by atoms with Crippen LogP contribution in [-0.2, 0) is 6.54 Å². The highest BCUT2D eigenvalue weighted by Gasteiger charge is 2.33. The fourth-order valence-electron chi connectivity index (χ4n) is 3.21. The van der Waals surface area contributed by atoms with Gasteiger partial charge in [0.2, 0.25) is 0 Å². The highest BCUT2D eigenvalue weighted by molar-refractivity contribution is 5.94. The zero-order chi connectivity index (χ0) is 16.0. The summed E-state index contributed by atoms with van der Waals surface area (Å²) in [6.07, 6.45) is 0. The molecule has 3 heterocycles. The van der Waals surface area contributed by atoms with E-state index in [1.165, 1.54) is 0 Å². The summed E-state index contributed by atoms with van der Waals surface area (Å²) in [6, 6.07) is 1.94. The van der Waals surface area contributed by atoms with Gasteiger partial charge < -0.3 is 14.5 Å². The molecule has 2 aromatic heterocycles. The van der Waals surface area contributed by atoms with E-state index < -0.39 is 0 Å². The van der Waals surface area contributed by atoms with E-state index in [1.54, 1.807) is 0 Å². The van der Waals surface area contributed by atoms with Crippen LogP contribution in [0.3, 0.4) is 0 Å². The Morgan fingerprint density at radius 3 is 2.64 bits per heavy atom. The molecule has 1 unspecified atom stereocenters. The molecule has 0 radical (unpaired) electrons. The van der Waals surface area contributed by atoms with Gasteiger partial charge in [0, 0.05) is 24.7 Å². The van der Waals surface area contributed by atoms with Crippen molar-refractivity contribution in [3.63, 3.8) is 0 Å². The summed E-state index contributed by atoms with van der Waals surface area (Å²) in [4.78, 5) is 17.9. The van der Waals surface area contributed by atoms with Crippen molar-refractivity contribution in [3.05, 3.63) is 34.7 Å². The SMILES string of the molecule is Cc1cc(C)c(C(=O)N2CCn3c(C(C)C)nnc3C2C)[nH]1. The van der Waals surface area contributed by atoms with Crippen molar-refractivity contribution in [2.24, 2.45) is 0 Å². The average molecular weight is 301 g/mol. The molecule has 1 aliphatic heterocycles. The van der Waals surface area contributed by atoms with Crippen LogP contribution in [0.15, 0.2) is 6.07 Å². The first-order valence-corrected chi connectivity index (χ1v) is 7.80. The number of nitrogens with zero attached hydrogens (tertiary/aromatic N) is 4. The van der Waals surface area contributed by atoms with E-state index in [2.05, 4.69) is 33.6 Å². The first-order valence-electron chi connectivity index (χ1n) is 7.80. The predicted octanol–water partition coefficient (Wildman–Crippen LogP) is 2.56. The van der Waals surface area contributed by atoms with E-state index in [-0.39, 0.29) is 11.9 Å². The molecule has 2 aromatic rings. The standard InChI is InChI=1S/C16H23N5O/c1-9(2)14-18-19-15-12(5)20(6-7-21(14)15)16(22)13-10(3)8-11(4)17-13/h8-9,12,17H,6-7H2,1-5H3. The van der Waals surface area contributed by atoms with Gasteiger partial charge in [0.05, 0.1) is 6.04 Å². The number of hydrogen-bond donors (Lipinski definition) is 1. The lowest BCUT2D eigenvalue weighted by atomic mass is 10.1. The molecule has 6 nitrogen and oxygen atoms in total. The van der Waals surface area contributed by atoms with Gasteiger partial charge in [0.15, 0.2) is 5.82 Å². The van der Waals surface area contributed by atoms with Gasteiger partial charge in [-0.05, 0) is 32.4 Å². The van der Waals surface area contributed by atoms with Crippen LogP contribution < -0.4 is 0 Å².